The Kier molecular flexibility index (Phi) is 2.48. The first-order valence-electron chi connectivity index (χ1n) is 0.978. The maximum atomic E-state index is 9.87. The van der Waals surface area contributed by atoms with E-state index in [4.69, 9.17) is 0 Å². The van der Waals surface area contributed by atoms with Gasteiger partial charge in [0.25, 0.3) is 0 Å². The van der Waals surface area contributed by atoms with Crippen molar-refractivity contribution in [3.8, 4) is 0 Å². The normalized spacial score (nSPS) is 19.8. The fraction of sp³-hybridized carbons (Fsp3) is 0. The molecule has 0 aromatic heterocycles. The Morgan fingerprint density at radius 2 is 2.17 bits per heavy atom. The molecule has 0 bridgehead atoms. The molecule has 0 radical (unpaired) electrons. The van der Waals surface area contributed by atoms with Crippen LogP contribution in [0.25, 0.3) is 0 Å². The highest BCUT2D eigenvalue weighted by Crippen LogP contribution is 2.43. The van der Waals surface area contributed by atoms with E-state index >= 15 is 0 Å². The van der Waals surface area contributed by atoms with Crippen LogP contribution in [0.3, 0.4) is 0 Å². The third-order valence-electron chi connectivity index (χ3n) is 0.0989. The largest absolute Gasteiger partial charge is 0.337 e. The maximum absolute atomic E-state index is 9.87. The second-order valence-electron chi connectivity index (χ2n) is 0.633. The van der Waals surface area contributed by atoms with Crippen molar-refractivity contribution in [1.82, 2.24) is 0 Å². The Morgan fingerprint density at radius 1 is 2.00 bits per heavy atom. The molecule has 3 nitrogen and oxygen atoms in total. The third kappa shape index (κ3) is 4.79. The molecule has 0 fully saturated rings. The third-order valence-corrected chi connectivity index (χ3v) is 1.45. The minimum Gasteiger partial charge on any atom is -0.261 e. The van der Waals surface area contributed by atoms with Crippen LogP contribution in [0.5, 0.6) is 0 Å². The van der Waals surface area contributed by atoms with Gasteiger partial charge in [-0.25, -0.2) is 5.50 Å². The van der Waals surface area contributed by atoms with E-state index in [0.717, 1.165) is 0 Å². The number of thiol groups is 1. The fourth-order valence-corrected chi connectivity index (χ4v) is 0. The molecule has 38 valence electrons. The van der Waals surface area contributed by atoms with Crippen LogP contribution in [-0.4, -0.2) is 0 Å². The van der Waals surface area contributed by atoms with E-state index in [1.165, 1.54) is 0 Å². The minimum atomic E-state index is -3.19. The predicted molar refractivity (Wildman–Crippen MR) is 27.7 cm³/mol. The van der Waals surface area contributed by atoms with E-state index in [-0.39, 0.29) is 0 Å². The molecule has 0 aromatic rings. The first-order chi connectivity index (χ1) is 2.56. The van der Waals surface area contributed by atoms with Gasteiger partial charge in [-0.15, -0.1) is 0 Å². The van der Waals surface area contributed by atoms with E-state index < -0.39 is 6.72 Å². The molecule has 0 spiro atoms. The molecule has 0 rings (SSSR count). The summed E-state index contributed by atoms with van der Waals surface area (Å²) in [7, 11) is 0. The number of hydrogen-bond donors (Lipinski definition) is 2. The molecule has 2 N–H and O–H groups in total. The molecular formula is H3ClNO2PS. The lowest BCUT2D eigenvalue weighted by molar-refractivity contribution is 0.522. The summed E-state index contributed by atoms with van der Waals surface area (Å²) >= 11 is 7.75. The lowest BCUT2D eigenvalue weighted by atomic mass is 13.9. The van der Waals surface area contributed by atoms with Crippen LogP contribution in [0.15, 0.2) is 0 Å². The lowest BCUT2D eigenvalue weighted by Crippen LogP contribution is -1.82. The van der Waals surface area contributed by atoms with Crippen LogP contribution in [0.4, 0.5) is 0 Å². The standard InChI is InChI=1S/ClH3NO2PS/c1-4-5(2,3)6/h(H3,2,3,6). The van der Waals surface area contributed by atoms with Crippen molar-refractivity contribution in [2.45, 2.75) is 0 Å². The van der Waals surface area contributed by atoms with Crippen LogP contribution in [0.2, 0.25) is 0 Å². The van der Waals surface area contributed by atoms with Gasteiger partial charge in [-0.1, -0.05) is 12.2 Å². The highest BCUT2D eigenvalue weighted by Gasteiger charge is 2.04. The molecule has 1 unspecified atom stereocenters. The molecule has 0 saturated carbocycles. The van der Waals surface area contributed by atoms with E-state index in [0.29, 0.717) is 0 Å². The molecule has 0 amide bonds. The summed E-state index contributed by atoms with van der Waals surface area (Å²) < 4.78 is 13.5. The summed E-state index contributed by atoms with van der Waals surface area (Å²) in [5, 5.41) is 0. The summed E-state index contributed by atoms with van der Waals surface area (Å²) in [5.41, 5.74) is 4.60. The Bertz CT molecular complexity index is 77.6. The highest BCUT2D eigenvalue weighted by molar-refractivity contribution is 8.45. The zero-order valence-corrected chi connectivity index (χ0v) is 5.21. The van der Waals surface area contributed by atoms with Gasteiger partial charge >= 0.3 is 6.72 Å². The monoisotopic (exact) mass is 147 g/mol. The summed E-state index contributed by atoms with van der Waals surface area (Å²) in [6.07, 6.45) is 0. The van der Waals surface area contributed by atoms with Crippen molar-refractivity contribution in [3.63, 3.8) is 0 Å². The second-order valence-corrected chi connectivity index (χ2v) is 3.99. The van der Waals surface area contributed by atoms with Crippen molar-refractivity contribution in [2.75, 3.05) is 0 Å². The maximum Gasteiger partial charge on any atom is 0.337 e. The molecular weight excluding hydrogens is 144 g/mol. The Hall–Kier alpha value is 0.790. The van der Waals surface area contributed by atoms with Gasteiger partial charge in [-0.2, -0.15) is 4.08 Å². The second kappa shape index (κ2) is 2.19. The van der Waals surface area contributed by atoms with E-state index in [1.54, 1.807) is 0 Å². The van der Waals surface area contributed by atoms with Gasteiger partial charge in [0.05, 0.1) is 11.9 Å². The number of halogens is 1. The number of hydrogen-bond acceptors (Lipinski definition) is 2. The number of rotatable bonds is 1. The first kappa shape index (κ1) is 6.79. The molecule has 0 heterocycles. The molecule has 0 aliphatic heterocycles. The van der Waals surface area contributed by atoms with Crippen LogP contribution in [0.1, 0.15) is 0 Å². The van der Waals surface area contributed by atoms with Gasteiger partial charge in [-0.3, -0.25) is 4.57 Å². The van der Waals surface area contributed by atoms with E-state index in [1.807, 2.05) is 0 Å². The molecule has 1 atom stereocenters. The summed E-state index contributed by atoms with van der Waals surface area (Å²) in [5.74, 6) is 0. The van der Waals surface area contributed by atoms with Crippen molar-refractivity contribution >= 4 is 30.8 Å². The van der Waals surface area contributed by atoms with E-state index in [9.17, 15) is 4.57 Å². The van der Waals surface area contributed by atoms with Crippen LogP contribution >= 0.6 is 30.8 Å². The smallest absolute Gasteiger partial charge is 0.261 e. The first-order valence-corrected chi connectivity index (χ1v) is 4.13. The van der Waals surface area contributed by atoms with Gasteiger partial charge in [-0.05, 0) is 0 Å². The van der Waals surface area contributed by atoms with Crippen molar-refractivity contribution < 1.29 is 8.64 Å². The molecule has 6 heteroatoms. The van der Waals surface area contributed by atoms with Gasteiger partial charge in [0.1, 0.15) is 0 Å². The van der Waals surface area contributed by atoms with Gasteiger partial charge in [0, 0.05) is 0 Å². The fourth-order valence-electron chi connectivity index (χ4n) is 0. The average Bonchev–Trinajstić information content (AvgIpc) is 1.35. The Balaban J connectivity index is 3.48. The molecule has 0 saturated heterocycles. The van der Waals surface area contributed by atoms with Gasteiger partial charge in [0.15, 0.2) is 0 Å². The van der Waals surface area contributed by atoms with Crippen LogP contribution in [0, 0.1) is 0 Å². The SMILES string of the molecule is NP(=O)(S)OCl. The van der Waals surface area contributed by atoms with Gasteiger partial charge < -0.3 is 0 Å². The minimum absolute atomic E-state index is 3.19. The number of nitrogens with two attached hydrogens (primary N) is 1. The lowest BCUT2D eigenvalue weighted by Gasteiger charge is -1.92. The summed E-state index contributed by atoms with van der Waals surface area (Å²) in [6.45, 7) is -3.19. The zero-order chi connectivity index (χ0) is 5.21. The average molecular weight is 148 g/mol. The molecule has 0 aromatic carbocycles. The van der Waals surface area contributed by atoms with Crippen molar-refractivity contribution in [3.05, 3.63) is 0 Å². The molecule has 6 heavy (non-hydrogen) atoms. The molecule has 0 aliphatic carbocycles. The topological polar surface area (TPSA) is 52.3 Å². The Labute approximate surface area is 45.6 Å². The summed E-state index contributed by atoms with van der Waals surface area (Å²) in [6, 6.07) is 0. The Morgan fingerprint density at radius 3 is 2.17 bits per heavy atom. The quantitative estimate of drug-likeness (QED) is 0.432. The highest BCUT2D eigenvalue weighted by atomic mass is 35.5. The predicted octanol–water partition coefficient (Wildman–Crippen LogP) is 1.15. The van der Waals surface area contributed by atoms with E-state index in [2.05, 4.69) is 33.7 Å². The van der Waals surface area contributed by atoms with Crippen LogP contribution < -0.4 is 5.50 Å². The summed E-state index contributed by atoms with van der Waals surface area (Å²) in [4.78, 5) is 0. The zero-order valence-electron chi connectivity index (χ0n) is 2.67. The molecule has 0 aliphatic rings. The van der Waals surface area contributed by atoms with Crippen LogP contribution in [-0.2, 0) is 8.64 Å². The van der Waals surface area contributed by atoms with Crippen molar-refractivity contribution in [1.29, 1.82) is 0 Å². The van der Waals surface area contributed by atoms with Crippen molar-refractivity contribution in [2.24, 2.45) is 5.50 Å². The van der Waals surface area contributed by atoms with Gasteiger partial charge in [0.2, 0.25) is 0 Å².